The van der Waals surface area contributed by atoms with Crippen LogP contribution in [0.2, 0.25) is 0 Å². The Hall–Kier alpha value is -1.85. The lowest BCUT2D eigenvalue weighted by Gasteiger charge is -2.18. The van der Waals surface area contributed by atoms with Gasteiger partial charge in [-0.25, -0.2) is 0 Å². The number of amides is 1. The molecule has 1 amide bonds. The van der Waals surface area contributed by atoms with Gasteiger partial charge in [-0.3, -0.25) is 9.89 Å². The third kappa shape index (κ3) is 3.67. The van der Waals surface area contributed by atoms with Gasteiger partial charge in [0.05, 0.1) is 5.69 Å². The van der Waals surface area contributed by atoms with Crippen molar-refractivity contribution >= 4 is 18.3 Å². The molecule has 2 N–H and O–H groups in total. The fraction of sp³-hybridized carbons (Fsp3) is 0.375. The summed E-state index contributed by atoms with van der Waals surface area (Å²) >= 11 is 0. The molecule has 0 unspecified atom stereocenters. The van der Waals surface area contributed by atoms with Crippen LogP contribution in [0, 0.1) is 6.92 Å². The number of aromatic nitrogens is 2. The molecule has 3 rings (SSSR count). The zero-order valence-corrected chi connectivity index (χ0v) is 13.4. The van der Waals surface area contributed by atoms with Gasteiger partial charge in [-0.1, -0.05) is 29.8 Å². The summed E-state index contributed by atoms with van der Waals surface area (Å²) in [6.07, 6.45) is 0.991. The zero-order valence-electron chi connectivity index (χ0n) is 12.6. The predicted molar refractivity (Wildman–Crippen MR) is 89.4 cm³/mol. The molecule has 1 aromatic heterocycles. The number of aromatic amines is 1. The van der Waals surface area contributed by atoms with Crippen LogP contribution >= 0.6 is 12.4 Å². The zero-order chi connectivity index (χ0) is 14.7. The van der Waals surface area contributed by atoms with E-state index < -0.39 is 0 Å². The standard InChI is InChI=1S/C16H20N4O.ClH/c1-12-3-5-13(6-4-12)14-11-15(19-18-14)16(21)20-9-2-7-17-8-10-20;/h3-6,11,17H,2,7-10H2,1H3,(H,18,19);1H. The van der Waals surface area contributed by atoms with Gasteiger partial charge in [0.15, 0.2) is 0 Å². The monoisotopic (exact) mass is 320 g/mol. The minimum absolute atomic E-state index is 0. The van der Waals surface area contributed by atoms with E-state index in [1.807, 2.05) is 35.2 Å². The molecule has 1 saturated heterocycles. The molecule has 1 aliphatic heterocycles. The van der Waals surface area contributed by atoms with Crippen molar-refractivity contribution in [2.24, 2.45) is 0 Å². The van der Waals surface area contributed by atoms with Crippen molar-refractivity contribution in [1.29, 1.82) is 0 Å². The molecule has 22 heavy (non-hydrogen) atoms. The molecule has 1 fully saturated rings. The molecule has 2 aromatic rings. The molecule has 5 nitrogen and oxygen atoms in total. The fourth-order valence-electron chi connectivity index (χ4n) is 2.52. The number of halogens is 1. The molecule has 1 aromatic carbocycles. The minimum Gasteiger partial charge on any atom is -0.336 e. The molecular weight excluding hydrogens is 300 g/mol. The van der Waals surface area contributed by atoms with Gasteiger partial charge in [0.2, 0.25) is 0 Å². The van der Waals surface area contributed by atoms with Gasteiger partial charge in [0.1, 0.15) is 5.69 Å². The van der Waals surface area contributed by atoms with Crippen LogP contribution in [0.15, 0.2) is 30.3 Å². The lowest BCUT2D eigenvalue weighted by atomic mass is 10.1. The predicted octanol–water partition coefficient (Wildman–Crippen LogP) is 2.24. The van der Waals surface area contributed by atoms with Crippen LogP contribution in [0.1, 0.15) is 22.5 Å². The molecule has 0 aliphatic carbocycles. The van der Waals surface area contributed by atoms with Gasteiger partial charge in [-0.2, -0.15) is 5.10 Å². The summed E-state index contributed by atoms with van der Waals surface area (Å²) in [6, 6.07) is 9.98. The van der Waals surface area contributed by atoms with E-state index in [-0.39, 0.29) is 18.3 Å². The largest absolute Gasteiger partial charge is 0.336 e. The normalized spacial score (nSPS) is 15.0. The van der Waals surface area contributed by atoms with E-state index in [4.69, 9.17) is 0 Å². The molecule has 0 spiro atoms. The number of benzene rings is 1. The Morgan fingerprint density at radius 2 is 1.95 bits per heavy atom. The van der Waals surface area contributed by atoms with Crippen molar-refractivity contribution in [3.05, 3.63) is 41.6 Å². The van der Waals surface area contributed by atoms with Gasteiger partial charge in [-0.05, 0) is 26.0 Å². The Balaban J connectivity index is 0.00000176. The average molecular weight is 321 g/mol. The van der Waals surface area contributed by atoms with Crippen LogP contribution in [-0.4, -0.2) is 47.2 Å². The molecular formula is C16H21ClN4O. The smallest absolute Gasteiger partial charge is 0.271 e. The first-order valence-electron chi connectivity index (χ1n) is 7.36. The van der Waals surface area contributed by atoms with E-state index in [2.05, 4.69) is 22.4 Å². The van der Waals surface area contributed by atoms with E-state index in [1.54, 1.807) is 0 Å². The summed E-state index contributed by atoms with van der Waals surface area (Å²) in [5.74, 6) is 0.0320. The van der Waals surface area contributed by atoms with Gasteiger partial charge < -0.3 is 10.2 Å². The third-order valence-corrected chi connectivity index (χ3v) is 3.78. The number of nitrogens with zero attached hydrogens (tertiary/aromatic N) is 2. The maximum absolute atomic E-state index is 12.5. The van der Waals surface area contributed by atoms with E-state index in [9.17, 15) is 4.79 Å². The summed E-state index contributed by atoms with van der Waals surface area (Å²) in [6.45, 7) is 5.42. The highest BCUT2D eigenvalue weighted by Crippen LogP contribution is 2.19. The van der Waals surface area contributed by atoms with Crippen molar-refractivity contribution in [3.8, 4) is 11.3 Å². The van der Waals surface area contributed by atoms with Crippen molar-refractivity contribution in [2.75, 3.05) is 26.2 Å². The Labute approximate surface area is 136 Å². The van der Waals surface area contributed by atoms with Gasteiger partial charge in [-0.15, -0.1) is 12.4 Å². The topological polar surface area (TPSA) is 61.0 Å². The molecule has 2 heterocycles. The summed E-state index contributed by atoms with van der Waals surface area (Å²) in [5.41, 5.74) is 3.61. The Kier molecular flexibility index (Phi) is 5.57. The Morgan fingerprint density at radius 3 is 2.73 bits per heavy atom. The maximum Gasteiger partial charge on any atom is 0.271 e. The average Bonchev–Trinajstić information content (AvgIpc) is 2.83. The molecule has 1 aliphatic rings. The first kappa shape index (κ1) is 16.5. The van der Waals surface area contributed by atoms with E-state index in [0.717, 1.165) is 43.9 Å². The number of aryl methyl sites for hydroxylation is 1. The second-order valence-corrected chi connectivity index (χ2v) is 5.43. The molecule has 0 radical (unpaired) electrons. The van der Waals surface area contributed by atoms with Crippen LogP contribution in [-0.2, 0) is 0 Å². The highest BCUT2D eigenvalue weighted by atomic mass is 35.5. The van der Waals surface area contributed by atoms with Crippen molar-refractivity contribution < 1.29 is 4.79 Å². The van der Waals surface area contributed by atoms with Crippen LogP contribution in [0.5, 0.6) is 0 Å². The van der Waals surface area contributed by atoms with Gasteiger partial charge in [0, 0.05) is 25.2 Å². The number of hydrogen-bond acceptors (Lipinski definition) is 3. The van der Waals surface area contributed by atoms with Crippen LogP contribution in [0.4, 0.5) is 0 Å². The number of rotatable bonds is 2. The molecule has 0 bridgehead atoms. The summed E-state index contributed by atoms with van der Waals surface area (Å²) in [7, 11) is 0. The fourth-order valence-corrected chi connectivity index (χ4v) is 2.52. The summed E-state index contributed by atoms with van der Waals surface area (Å²) < 4.78 is 0. The highest BCUT2D eigenvalue weighted by Gasteiger charge is 2.19. The van der Waals surface area contributed by atoms with Crippen molar-refractivity contribution in [2.45, 2.75) is 13.3 Å². The number of carbonyl (C=O) groups excluding carboxylic acids is 1. The van der Waals surface area contributed by atoms with Crippen LogP contribution < -0.4 is 5.32 Å². The van der Waals surface area contributed by atoms with Gasteiger partial charge in [0.25, 0.3) is 5.91 Å². The molecule has 0 atom stereocenters. The molecule has 6 heteroatoms. The Bertz CT molecular complexity index is 615. The van der Waals surface area contributed by atoms with Crippen LogP contribution in [0.3, 0.4) is 0 Å². The van der Waals surface area contributed by atoms with E-state index >= 15 is 0 Å². The summed E-state index contributed by atoms with van der Waals surface area (Å²) in [4.78, 5) is 14.4. The first-order valence-corrected chi connectivity index (χ1v) is 7.36. The first-order chi connectivity index (χ1) is 10.2. The van der Waals surface area contributed by atoms with E-state index in [1.165, 1.54) is 5.56 Å². The highest BCUT2D eigenvalue weighted by molar-refractivity contribution is 5.93. The van der Waals surface area contributed by atoms with Crippen molar-refractivity contribution in [3.63, 3.8) is 0 Å². The SMILES string of the molecule is Cc1ccc(-c2cc(C(=O)N3CCCNCC3)[nH]n2)cc1.Cl. The molecule has 0 saturated carbocycles. The Morgan fingerprint density at radius 1 is 1.18 bits per heavy atom. The lowest BCUT2D eigenvalue weighted by Crippen LogP contribution is -2.34. The number of nitrogens with one attached hydrogen (secondary N) is 2. The van der Waals surface area contributed by atoms with Crippen LogP contribution in [0.25, 0.3) is 11.3 Å². The molecule has 118 valence electrons. The quantitative estimate of drug-likeness (QED) is 0.892. The lowest BCUT2D eigenvalue weighted by molar-refractivity contribution is 0.0760. The minimum atomic E-state index is 0. The second-order valence-electron chi connectivity index (χ2n) is 5.43. The number of H-pyrrole nitrogens is 1. The van der Waals surface area contributed by atoms with Crippen molar-refractivity contribution in [1.82, 2.24) is 20.4 Å². The third-order valence-electron chi connectivity index (χ3n) is 3.78. The number of carbonyl (C=O) groups is 1. The summed E-state index contributed by atoms with van der Waals surface area (Å²) in [5, 5.41) is 10.4. The van der Waals surface area contributed by atoms with Gasteiger partial charge >= 0.3 is 0 Å². The number of hydrogen-bond donors (Lipinski definition) is 2. The second kappa shape index (κ2) is 7.42. The van der Waals surface area contributed by atoms with E-state index in [0.29, 0.717) is 5.69 Å². The maximum atomic E-state index is 12.5.